The standard InChI is InChI=1S/C30H26N4O2S/c1-21-16-17-24(18-26(21)32-29(36)23-12-6-3-7-13-23)31-28(35)20-37-30-33-25-14-8-9-15-27(25)34(30)19-22-10-4-2-5-11-22/h2-18H,19-20H2,1H3,(H2,31,32,35,36)/p+1. The van der Waals surface area contributed by atoms with Crippen molar-refractivity contribution < 1.29 is 14.2 Å². The molecule has 1 aromatic heterocycles. The highest BCUT2D eigenvalue weighted by atomic mass is 32.2. The Balaban J connectivity index is 1.27. The summed E-state index contributed by atoms with van der Waals surface area (Å²) in [6.45, 7) is 2.63. The minimum Gasteiger partial charge on any atom is -0.325 e. The van der Waals surface area contributed by atoms with Crippen LogP contribution in [0.15, 0.2) is 108 Å². The molecular weight excluding hydrogens is 480 g/mol. The smallest absolute Gasteiger partial charge is 0.317 e. The van der Waals surface area contributed by atoms with Crippen molar-refractivity contribution in [1.29, 1.82) is 0 Å². The highest BCUT2D eigenvalue weighted by Gasteiger charge is 2.20. The maximum Gasteiger partial charge on any atom is 0.317 e. The molecule has 0 saturated heterocycles. The zero-order chi connectivity index (χ0) is 25.6. The second-order valence-corrected chi connectivity index (χ2v) is 9.67. The lowest BCUT2D eigenvalue weighted by Gasteiger charge is -2.11. The summed E-state index contributed by atoms with van der Waals surface area (Å²) in [5, 5.41) is 6.82. The lowest BCUT2D eigenvalue weighted by Crippen LogP contribution is -2.35. The molecule has 5 rings (SSSR count). The van der Waals surface area contributed by atoms with E-state index in [1.165, 1.54) is 17.3 Å². The Morgan fingerprint density at radius 3 is 2.32 bits per heavy atom. The first-order valence-electron chi connectivity index (χ1n) is 12.0. The van der Waals surface area contributed by atoms with E-state index in [1.54, 1.807) is 18.2 Å². The minimum absolute atomic E-state index is 0.126. The monoisotopic (exact) mass is 507 g/mol. The van der Waals surface area contributed by atoms with Gasteiger partial charge in [0.1, 0.15) is 6.54 Å². The number of thioether (sulfide) groups is 1. The van der Waals surface area contributed by atoms with Gasteiger partial charge >= 0.3 is 5.16 Å². The van der Waals surface area contributed by atoms with Crippen LogP contribution in [0.2, 0.25) is 0 Å². The van der Waals surface area contributed by atoms with E-state index >= 15 is 0 Å². The third-order valence-electron chi connectivity index (χ3n) is 6.01. The normalized spacial score (nSPS) is 10.8. The van der Waals surface area contributed by atoms with Gasteiger partial charge < -0.3 is 10.6 Å². The van der Waals surface area contributed by atoms with Crippen LogP contribution in [-0.4, -0.2) is 22.6 Å². The summed E-state index contributed by atoms with van der Waals surface area (Å²) in [4.78, 5) is 28.9. The molecule has 0 bridgehead atoms. The maximum atomic E-state index is 12.9. The number of aryl methyl sites for hydroxylation is 1. The second-order valence-electron chi connectivity index (χ2n) is 8.71. The molecule has 0 radical (unpaired) electrons. The van der Waals surface area contributed by atoms with E-state index in [0.717, 1.165) is 21.8 Å². The number of nitrogens with zero attached hydrogens (tertiary/aromatic N) is 1. The molecule has 0 saturated carbocycles. The number of hydrogen-bond donors (Lipinski definition) is 3. The number of imidazole rings is 1. The molecule has 0 unspecified atom stereocenters. The van der Waals surface area contributed by atoms with Crippen molar-refractivity contribution in [3.63, 3.8) is 0 Å². The average Bonchev–Trinajstić information content (AvgIpc) is 3.27. The van der Waals surface area contributed by atoms with E-state index in [4.69, 9.17) is 0 Å². The van der Waals surface area contributed by atoms with Gasteiger partial charge in [-0.3, -0.25) is 9.59 Å². The number of carbonyl (C=O) groups excluding carboxylic acids is 2. The zero-order valence-corrected chi connectivity index (χ0v) is 21.2. The number of aromatic nitrogens is 2. The molecular formula is C30H27N4O2S+. The lowest BCUT2D eigenvalue weighted by atomic mass is 10.1. The average molecular weight is 508 g/mol. The fourth-order valence-electron chi connectivity index (χ4n) is 4.09. The van der Waals surface area contributed by atoms with Gasteiger partial charge in [0, 0.05) is 16.9 Å². The van der Waals surface area contributed by atoms with Gasteiger partial charge in [0.25, 0.3) is 5.91 Å². The molecule has 7 heteroatoms. The van der Waals surface area contributed by atoms with Gasteiger partial charge in [0.2, 0.25) is 5.91 Å². The molecule has 4 aromatic carbocycles. The molecule has 3 N–H and O–H groups in total. The molecule has 2 amide bonds. The van der Waals surface area contributed by atoms with Crippen LogP contribution in [-0.2, 0) is 11.3 Å². The first-order valence-corrected chi connectivity index (χ1v) is 13.0. The molecule has 184 valence electrons. The van der Waals surface area contributed by atoms with Crippen molar-refractivity contribution in [3.05, 3.63) is 120 Å². The topological polar surface area (TPSA) is 77.9 Å². The predicted molar refractivity (Wildman–Crippen MR) is 149 cm³/mol. The van der Waals surface area contributed by atoms with E-state index < -0.39 is 0 Å². The summed E-state index contributed by atoms with van der Waals surface area (Å²) >= 11 is 1.46. The van der Waals surface area contributed by atoms with Crippen LogP contribution < -0.4 is 15.2 Å². The molecule has 0 aliphatic carbocycles. The van der Waals surface area contributed by atoms with Crippen LogP contribution in [0.4, 0.5) is 11.4 Å². The number of anilines is 2. The maximum absolute atomic E-state index is 12.9. The number of fused-ring (bicyclic) bond motifs is 1. The van der Waals surface area contributed by atoms with E-state index in [0.29, 0.717) is 23.5 Å². The number of rotatable bonds is 8. The Hall–Kier alpha value is -4.36. The number of hydrogen-bond acceptors (Lipinski definition) is 3. The number of H-pyrrole nitrogens is 1. The van der Waals surface area contributed by atoms with Crippen molar-refractivity contribution in [2.24, 2.45) is 0 Å². The minimum atomic E-state index is -0.190. The first-order chi connectivity index (χ1) is 18.1. The van der Waals surface area contributed by atoms with Crippen molar-refractivity contribution >= 4 is 46.0 Å². The highest BCUT2D eigenvalue weighted by Crippen LogP contribution is 2.23. The fraction of sp³-hybridized carbons (Fsp3) is 0.100. The third kappa shape index (κ3) is 5.90. The molecule has 1 heterocycles. The number of nitrogens with one attached hydrogen (secondary N) is 3. The quantitative estimate of drug-likeness (QED) is 0.184. The van der Waals surface area contributed by atoms with Crippen LogP contribution in [0.3, 0.4) is 0 Å². The van der Waals surface area contributed by atoms with Crippen LogP contribution in [0.25, 0.3) is 11.0 Å². The van der Waals surface area contributed by atoms with Crippen molar-refractivity contribution in [2.75, 3.05) is 16.4 Å². The van der Waals surface area contributed by atoms with Gasteiger partial charge in [-0.1, -0.05) is 66.7 Å². The van der Waals surface area contributed by atoms with Gasteiger partial charge in [-0.05, 0) is 66.2 Å². The Labute approximate surface area is 219 Å². The second kappa shape index (κ2) is 11.1. The Bertz CT molecular complexity index is 1550. The molecule has 37 heavy (non-hydrogen) atoms. The van der Waals surface area contributed by atoms with Gasteiger partial charge in [0.05, 0.1) is 5.75 Å². The van der Waals surface area contributed by atoms with Crippen molar-refractivity contribution in [2.45, 2.75) is 18.6 Å². The molecule has 6 nitrogen and oxygen atoms in total. The zero-order valence-electron chi connectivity index (χ0n) is 20.4. The summed E-state index contributed by atoms with van der Waals surface area (Å²) in [6.07, 6.45) is 0. The summed E-state index contributed by atoms with van der Waals surface area (Å²) in [5.41, 5.74) is 6.09. The molecule has 0 fully saturated rings. The number of carbonyl (C=O) groups is 2. The Morgan fingerprint density at radius 1 is 0.838 bits per heavy atom. The molecule has 5 aromatic rings. The number of aromatic amines is 1. The van der Waals surface area contributed by atoms with Gasteiger partial charge in [-0.25, -0.2) is 9.55 Å². The van der Waals surface area contributed by atoms with Gasteiger partial charge in [-0.15, -0.1) is 0 Å². The molecule has 0 atom stereocenters. The summed E-state index contributed by atoms with van der Waals surface area (Å²) in [7, 11) is 0. The summed E-state index contributed by atoms with van der Waals surface area (Å²) in [6, 6.07) is 33.0. The van der Waals surface area contributed by atoms with Crippen LogP contribution in [0.1, 0.15) is 21.5 Å². The van der Waals surface area contributed by atoms with Crippen LogP contribution in [0, 0.1) is 6.92 Å². The molecule has 0 aliphatic rings. The summed E-state index contributed by atoms with van der Waals surface area (Å²) < 4.78 is 2.20. The SMILES string of the molecule is Cc1ccc(NC(=O)CSc2[nH]c3ccccc3[n+]2Cc2ccccc2)cc1NC(=O)c1ccccc1. The van der Waals surface area contributed by atoms with Gasteiger partial charge in [0.15, 0.2) is 11.0 Å². The number of para-hydroxylation sites is 2. The van der Waals surface area contributed by atoms with E-state index in [1.807, 2.05) is 73.7 Å². The first kappa shape index (κ1) is 24.3. The fourth-order valence-corrected chi connectivity index (χ4v) is 4.93. The number of amides is 2. The van der Waals surface area contributed by atoms with Crippen molar-refractivity contribution in [3.8, 4) is 0 Å². The van der Waals surface area contributed by atoms with Crippen LogP contribution >= 0.6 is 11.8 Å². The number of benzene rings is 4. The van der Waals surface area contributed by atoms with Crippen LogP contribution in [0.5, 0.6) is 0 Å². The van der Waals surface area contributed by atoms with Gasteiger partial charge in [-0.2, -0.15) is 0 Å². The Kier molecular flexibility index (Phi) is 7.33. The van der Waals surface area contributed by atoms with Crippen molar-refractivity contribution in [1.82, 2.24) is 4.98 Å². The molecule has 0 spiro atoms. The largest absolute Gasteiger partial charge is 0.325 e. The Morgan fingerprint density at radius 2 is 1.54 bits per heavy atom. The van der Waals surface area contributed by atoms with E-state index in [2.05, 4.69) is 38.4 Å². The van der Waals surface area contributed by atoms with E-state index in [-0.39, 0.29) is 17.6 Å². The third-order valence-corrected chi connectivity index (χ3v) is 7.01. The molecule has 0 aliphatic heterocycles. The lowest BCUT2D eigenvalue weighted by molar-refractivity contribution is -0.700. The highest BCUT2D eigenvalue weighted by molar-refractivity contribution is 7.99. The van der Waals surface area contributed by atoms with E-state index in [9.17, 15) is 9.59 Å². The summed E-state index contributed by atoms with van der Waals surface area (Å²) in [5.74, 6) is -0.0788. The predicted octanol–water partition coefficient (Wildman–Crippen LogP) is 5.80.